The molecule has 0 amide bonds. The molecule has 0 radical (unpaired) electrons. The van der Waals surface area contributed by atoms with E-state index in [1.54, 1.807) is 12.3 Å². The fraction of sp³-hybridized carbons (Fsp3) is 0.158. The van der Waals surface area contributed by atoms with Crippen molar-refractivity contribution in [3.05, 3.63) is 65.6 Å². The third-order valence-electron chi connectivity index (χ3n) is 3.76. The molecule has 0 fully saturated rings. The summed E-state index contributed by atoms with van der Waals surface area (Å²) in [5.41, 5.74) is 1.22. The molecule has 9 heteroatoms. The summed E-state index contributed by atoms with van der Waals surface area (Å²) in [4.78, 5) is 8.02. The minimum Gasteiger partial charge on any atom is -0.496 e. The Labute approximate surface area is 162 Å². The van der Waals surface area contributed by atoms with Gasteiger partial charge in [-0.25, -0.2) is 23.1 Å². The van der Waals surface area contributed by atoms with E-state index in [2.05, 4.69) is 15.3 Å². The van der Waals surface area contributed by atoms with Gasteiger partial charge in [-0.3, -0.25) is 4.78 Å². The Morgan fingerprint density at radius 2 is 1.89 bits per heavy atom. The van der Waals surface area contributed by atoms with Crippen LogP contribution in [0.2, 0.25) is 0 Å². The van der Waals surface area contributed by atoms with E-state index in [-0.39, 0.29) is 23.0 Å². The van der Waals surface area contributed by atoms with Crippen molar-refractivity contribution < 1.29 is 17.9 Å². The molecule has 2 N–H and O–H groups in total. The number of hydrogen-bond donors (Lipinski definition) is 2. The van der Waals surface area contributed by atoms with E-state index in [1.165, 1.54) is 31.4 Å². The van der Waals surface area contributed by atoms with Gasteiger partial charge in [-0.05, 0) is 42.2 Å². The van der Waals surface area contributed by atoms with Crippen LogP contribution < -0.4 is 10.1 Å². The predicted molar refractivity (Wildman–Crippen MR) is 103 cm³/mol. The first-order chi connectivity index (χ1) is 13.4. The summed E-state index contributed by atoms with van der Waals surface area (Å²) in [7, 11) is 0.709. The molecule has 0 aliphatic rings. The van der Waals surface area contributed by atoms with Crippen molar-refractivity contribution in [1.82, 2.24) is 9.97 Å². The van der Waals surface area contributed by atoms with Crippen LogP contribution in [-0.4, -0.2) is 23.3 Å². The number of nitrogens with zero attached hydrogens (tertiary/aromatic N) is 2. The van der Waals surface area contributed by atoms with Gasteiger partial charge in [0.25, 0.3) is 0 Å². The van der Waals surface area contributed by atoms with Gasteiger partial charge in [0.2, 0.25) is 5.95 Å². The van der Waals surface area contributed by atoms with E-state index in [1.807, 2.05) is 0 Å². The van der Waals surface area contributed by atoms with E-state index in [0.29, 0.717) is 17.0 Å². The summed E-state index contributed by atoms with van der Waals surface area (Å²) in [6, 6.07) is 7.97. The predicted octanol–water partition coefficient (Wildman–Crippen LogP) is 4.82. The minimum absolute atomic E-state index is 0.0423. The molecule has 2 aromatic carbocycles. The Balaban J connectivity index is 1.97. The van der Waals surface area contributed by atoms with Crippen molar-refractivity contribution in [1.29, 1.82) is 4.78 Å². The summed E-state index contributed by atoms with van der Waals surface area (Å²) in [6.07, 6.45) is 2.71. The maximum Gasteiger partial charge on any atom is 0.227 e. The monoisotopic (exact) mass is 406 g/mol. The first-order valence-electron chi connectivity index (χ1n) is 8.12. The van der Waals surface area contributed by atoms with Gasteiger partial charge in [0.05, 0.1) is 13.3 Å². The van der Waals surface area contributed by atoms with E-state index in [9.17, 15) is 13.2 Å². The molecule has 146 valence electrons. The van der Waals surface area contributed by atoms with Gasteiger partial charge in [0.15, 0.2) is 5.82 Å². The number of methoxy groups -OCH3 is 1. The van der Waals surface area contributed by atoms with Crippen molar-refractivity contribution in [2.24, 2.45) is 0 Å². The number of benzene rings is 2. The fourth-order valence-electron chi connectivity index (χ4n) is 2.66. The zero-order chi connectivity index (χ0) is 20.3. The fourth-order valence-corrected chi connectivity index (χ4v) is 3.33. The summed E-state index contributed by atoms with van der Waals surface area (Å²) in [5.74, 6) is -1.12. The minimum atomic E-state index is -0.709. The van der Waals surface area contributed by atoms with Crippen LogP contribution in [-0.2, 0) is 16.4 Å². The summed E-state index contributed by atoms with van der Waals surface area (Å²) in [6.45, 7) is 0. The lowest BCUT2D eigenvalue weighted by molar-refractivity contribution is 0.412. The second-order valence-electron chi connectivity index (χ2n) is 5.99. The molecule has 1 atom stereocenters. The van der Waals surface area contributed by atoms with Crippen LogP contribution >= 0.6 is 0 Å². The number of aromatic nitrogens is 2. The van der Waals surface area contributed by atoms with E-state index >= 15 is 0 Å². The molecular weight excluding hydrogens is 389 g/mol. The van der Waals surface area contributed by atoms with Gasteiger partial charge in [0, 0.05) is 23.1 Å². The van der Waals surface area contributed by atoms with Crippen LogP contribution in [0.25, 0.3) is 11.3 Å². The molecule has 0 saturated heterocycles. The Hall–Kier alpha value is -2.94. The maximum atomic E-state index is 14.3. The molecule has 0 aliphatic carbocycles. The molecule has 5 nitrogen and oxygen atoms in total. The first-order valence-corrected chi connectivity index (χ1v) is 9.92. The van der Waals surface area contributed by atoms with Crippen LogP contribution in [0.15, 0.2) is 42.6 Å². The molecule has 3 aromatic rings. The molecule has 0 saturated carbocycles. The van der Waals surface area contributed by atoms with Crippen molar-refractivity contribution in [3.63, 3.8) is 0 Å². The summed E-state index contributed by atoms with van der Waals surface area (Å²) in [5, 5.41) is 2.84. The van der Waals surface area contributed by atoms with Crippen molar-refractivity contribution >= 4 is 22.3 Å². The molecule has 3 rings (SSSR count). The van der Waals surface area contributed by atoms with E-state index in [0.717, 1.165) is 12.3 Å². The quantitative estimate of drug-likeness (QED) is 0.616. The smallest absolute Gasteiger partial charge is 0.227 e. The molecule has 1 unspecified atom stereocenters. The second-order valence-corrected chi connectivity index (χ2v) is 7.55. The molecule has 1 heterocycles. The number of nitrogens with one attached hydrogen (secondary N) is 2. The van der Waals surface area contributed by atoms with Crippen molar-refractivity contribution in [2.45, 2.75) is 5.75 Å². The van der Waals surface area contributed by atoms with Gasteiger partial charge in [-0.15, -0.1) is 10.7 Å². The highest BCUT2D eigenvalue weighted by molar-refractivity contribution is 7.84. The van der Waals surface area contributed by atoms with Gasteiger partial charge in [0.1, 0.15) is 23.1 Å². The third-order valence-corrected chi connectivity index (χ3v) is 4.53. The Bertz CT molecular complexity index is 1050. The molecule has 0 aliphatic heterocycles. The Morgan fingerprint density at radius 1 is 1.11 bits per heavy atom. The topological polar surface area (TPSA) is 70.9 Å². The maximum absolute atomic E-state index is 14.3. The highest BCUT2D eigenvalue weighted by Gasteiger charge is 2.15. The average molecular weight is 406 g/mol. The second kappa shape index (κ2) is 8.39. The SMILES string of the molecule is COc1cc(F)ccc1-c1nc(Nc2cc(F)cc(CS(C)=N)c2)ncc1F. The molecule has 0 spiro atoms. The number of anilines is 2. The number of halogens is 3. The highest BCUT2D eigenvalue weighted by atomic mass is 32.2. The van der Waals surface area contributed by atoms with Gasteiger partial charge < -0.3 is 10.1 Å². The van der Waals surface area contributed by atoms with E-state index in [4.69, 9.17) is 9.52 Å². The average Bonchev–Trinajstić information content (AvgIpc) is 2.62. The normalized spacial score (nSPS) is 11.9. The third kappa shape index (κ3) is 4.66. The zero-order valence-electron chi connectivity index (χ0n) is 15.1. The van der Waals surface area contributed by atoms with Crippen molar-refractivity contribution in [2.75, 3.05) is 18.7 Å². The molecular formula is C19H17F3N4OS. The lowest BCUT2D eigenvalue weighted by Crippen LogP contribution is -2.03. The van der Waals surface area contributed by atoms with Crippen LogP contribution in [0.5, 0.6) is 5.75 Å². The van der Waals surface area contributed by atoms with Gasteiger partial charge in [-0.1, -0.05) is 0 Å². The van der Waals surface area contributed by atoms with Crippen LogP contribution in [0, 0.1) is 22.2 Å². The summed E-state index contributed by atoms with van der Waals surface area (Å²) >= 11 is 0. The number of ether oxygens (including phenoxy) is 1. The molecule has 1 aromatic heterocycles. The van der Waals surface area contributed by atoms with Crippen LogP contribution in [0.4, 0.5) is 24.8 Å². The highest BCUT2D eigenvalue weighted by Crippen LogP contribution is 2.31. The van der Waals surface area contributed by atoms with Gasteiger partial charge in [-0.2, -0.15) is 0 Å². The first kappa shape index (κ1) is 19.8. The van der Waals surface area contributed by atoms with E-state index < -0.39 is 28.1 Å². The Morgan fingerprint density at radius 3 is 2.61 bits per heavy atom. The lowest BCUT2D eigenvalue weighted by atomic mass is 10.1. The number of hydrogen-bond acceptors (Lipinski definition) is 5. The van der Waals surface area contributed by atoms with Gasteiger partial charge >= 0.3 is 0 Å². The largest absolute Gasteiger partial charge is 0.496 e. The number of rotatable bonds is 6. The molecule has 0 bridgehead atoms. The standard InChI is InChI=1S/C19H17F3N4OS/c1-27-17-8-12(20)3-4-15(17)18-16(22)9-24-19(26-18)25-14-6-11(10-28(2)23)5-13(21)7-14/h3-9,23H,10H2,1-2H3,(H,24,25,26). The van der Waals surface area contributed by atoms with Crippen LogP contribution in [0.1, 0.15) is 5.56 Å². The molecule has 28 heavy (non-hydrogen) atoms. The Kier molecular flexibility index (Phi) is 5.93. The lowest BCUT2D eigenvalue weighted by Gasteiger charge is -2.11. The van der Waals surface area contributed by atoms with Crippen LogP contribution in [0.3, 0.4) is 0 Å². The zero-order valence-corrected chi connectivity index (χ0v) is 15.9. The summed E-state index contributed by atoms with van der Waals surface area (Å²) < 4.78 is 54.4. The van der Waals surface area contributed by atoms with Crippen molar-refractivity contribution in [3.8, 4) is 17.0 Å².